The average molecular weight is 561 g/mol. The predicted molar refractivity (Wildman–Crippen MR) is 143 cm³/mol. The molecule has 1 aliphatic heterocycles. The van der Waals surface area contributed by atoms with Crippen LogP contribution < -0.4 is 15.4 Å². The van der Waals surface area contributed by atoms with Gasteiger partial charge in [0.2, 0.25) is 11.8 Å². The monoisotopic (exact) mass is 560 g/mol. The number of Topliss-reactive ketones (excluding diaryl/α,β-unsaturated/α-hetero) is 1. The second-order valence-electron chi connectivity index (χ2n) is 10.1. The molecule has 1 aromatic carbocycles. The lowest BCUT2D eigenvalue weighted by Gasteiger charge is -2.25. The number of likely N-dealkylation sites (tertiary alicyclic amines) is 1. The molecular weight excluding hydrogens is 524 g/mol. The first-order chi connectivity index (χ1) is 19.0. The first-order valence-electron chi connectivity index (χ1n) is 13.1. The summed E-state index contributed by atoms with van der Waals surface area (Å²) < 4.78 is 9.80. The minimum Gasteiger partial charge on any atom is -0.496 e. The molecule has 0 aliphatic carbocycles. The Balaban J connectivity index is 1.69. The third-order valence-electron chi connectivity index (χ3n) is 6.79. The van der Waals surface area contributed by atoms with Crippen LogP contribution in [0, 0.1) is 11.8 Å². The lowest BCUT2D eigenvalue weighted by atomic mass is 9.95. The molecule has 3 rings (SSSR count). The van der Waals surface area contributed by atoms with Gasteiger partial charge >= 0.3 is 6.16 Å². The number of carbonyl (C=O) groups excluding carboxylic acids is 4. The zero-order chi connectivity index (χ0) is 29.4. The number of H-pyrrole nitrogens is 1. The number of aromatic nitrogens is 1. The molecule has 0 saturated carbocycles. The van der Waals surface area contributed by atoms with Crippen LogP contribution in [0.4, 0.5) is 4.79 Å². The summed E-state index contributed by atoms with van der Waals surface area (Å²) in [7, 11) is 1.53. The number of ether oxygens (including phenoxy) is 2. The summed E-state index contributed by atoms with van der Waals surface area (Å²) >= 11 is 0. The number of hydrogen-bond acceptors (Lipinski definition) is 8. The van der Waals surface area contributed by atoms with E-state index in [-0.39, 0.29) is 43.5 Å². The van der Waals surface area contributed by atoms with Gasteiger partial charge < -0.3 is 40.2 Å². The first-order valence-corrected chi connectivity index (χ1v) is 13.1. The number of nitrogens with zero attached hydrogens (tertiary/aromatic N) is 1. The van der Waals surface area contributed by atoms with E-state index in [1.165, 1.54) is 12.0 Å². The molecule has 3 atom stereocenters. The summed E-state index contributed by atoms with van der Waals surface area (Å²) in [4.78, 5) is 66.8. The number of benzene rings is 1. The Labute approximate surface area is 231 Å². The Morgan fingerprint density at radius 3 is 2.58 bits per heavy atom. The van der Waals surface area contributed by atoms with Gasteiger partial charge in [0.25, 0.3) is 5.91 Å². The second kappa shape index (κ2) is 13.8. The number of methoxy groups -OCH3 is 1. The van der Waals surface area contributed by atoms with Gasteiger partial charge in [-0.2, -0.15) is 0 Å². The number of rotatable bonds is 14. The molecule has 0 unspecified atom stereocenters. The maximum absolute atomic E-state index is 13.3. The van der Waals surface area contributed by atoms with Crippen molar-refractivity contribution >= 4 is 40.6 Å². The molecule has 0 spiro atoms. The van der Waals surface area contributed by atoms with Gasteiger partial charge in [-0.15, -0.1) is 0 Å². The highest BCUT2D eigenvalue weighted by atomic mass is 16.7. The number of amides is 3. The quantitative estimate of drug-likeness (QED) is 0.212. The van der Waals surface area contributed by atoms with Gasteiger partial charge in [-0.1, -0.05) is 19.9 Å². The number of aliphatic hydroxyl groups excluding tert-OH is 1. The van der Waals surface area contributed by atoms with Crippen molar-refractivity contribution in [3.8, 4) is 5.75 Å². The Bertz CT molecular complexity index is 1240. The van der Waals surface area contributed by atoms with E-state index in [9.17, 15) is 29.1 Å². The van der Waals surface area contributed by atoms with Gasteiger partial charge in [0.05, 0.1) is 19.7 Å². The summed E-state index contributed by atoms with van der Waals surface area (Å²) in [5, 5.41) is 24.2. The normalized spacial score (nSPS) is 16.6. The van der Waals surface area contributed by atoms with Crippen molar-refractivity contribution < 1.29 is 43.7 Å². The SMILES string of the molecule is COc1cccc2[nH]c(C(=O)N[C@@H](CC(C)C)C(=O)N[C@@H](C[C@@H]3CCN(CCOC(=O)O)C3=O)C(=O)CO)cc12. The van der Waals surface area contributed by atoms with Crippen molar-refractivity contribution in [1.29, 1.82) is 0 Å². The van der Waals surface area contributed by atoms with Crippen LogP contribution >= 0.6 is 0 Å². The van der Waals surface area contributed by atoms with E-state index in [1.54, 1.807) is 24.3 Å². The van der Waals surface area contributed by atoms with E-state index in [4.69, 9.17) is 9.84 Å². The molecule has 0 radical (unpaired) electrons. The molecule has 218 valence electrons. The van der Waals surface area contributed by atoms with Crippen LogP contribution in [0.2, 0.25) is 0 Å². The molecule has 1 saturated heterocycles. The minimum atomic E-state index is -1.44. The highest BCUT2D eigenvalue weighted by Crippen LogP contribution is 2.26. The molecule has 2 aromatic rings. The number of nitrogens with one attached hydrogen (secondary N) is 3. The maximum Gasteiger partial charge on any atom is 0.505 e. The highest BCUT2D eigenvalue weighted by Gasteiger charge is 2.36. The lowest BCUT2D eigenvalue weighted by molar-refractivity contribution is -0.134. The van der Waals surface area contributed by atoms with Crippen molar-refractivity contribution in [1.82, 2.24) is 20.5 Å². The standard InChI is InChI=1S/C27H36N4O9/c1-15(2)11-20(30-25(35)21-13-17-18(28-21)5-4-6-23(17)39-3)24(34)29-19(22(33)14-32)12-16-7-8-31(26(16)36)9-10-40-27(37)38/h4-6,13,15-16,19-20,28,32H,7-12,14H2,1-3H3,(H,29,34)(H,30,35)(H,37,38)/t16-,19-,20-/m0/s1. The van der Waals surface area contributed by atoms with Crippen LogP contribution in [0.3, 0.4) is 0 Å². The van der Waals surface area contributed by atoms with Crippen LogP contribution in [-0.4, -0.2) is 95.3 Å². The highest BCUT2D eigenvalue weighted by molar-refractivity contribution is 6.02. The summed E-state index contributed by atoms with van der Waals surface area (Å²) in [6.07, 6.45) is -0.801. The van der Waals surface area contributed by atoms with Gasteiger partial charge in [-0.25, -0.2) is 4.79 Å². The van der Waals surface area contributed by atoms with E-state index >= 15 is 0 Å². The van der Waals surface area contributed by atoms with Gasteiger partial charge in [-0.3, -0.25) is 19.2 Å². The number of ketones is 1. The fraction of sp³-hybridized carbons (Fsp3) is 0.519. The first kappa shape index (κ1) is 30.4. The Morgan fingerprint density at radius 1 is 1.18 bits per heavy atom. The molecule has 2 heterocycles. The van der Waals surface area contributed by atoms with Crippen molar-refractivity contribution in [2.75, 3.05) is 33.4 Å². The molecule has 1 fully saturated rings. The van der Waals surface area contributed by atoms with Gasteiger partial charge in [0.1, 0.15) is 30.7 Å². The minimum absolute atomic E-state index is 0.0174. The average Bonchev–Trinajstić information content (AvgIpc) is 3.50. The van der Waals surface area contributed by atoms with E-state index in [2.05, 4.69) is 20.4 Å². The van der Waals surface area contributed by atoms with Crippen molar-refractivity contribution in [2.24, 2.45) is 11.8 Å². The molecule has 5 N–H and O–H groups in total. The van der Waals surface area contributed by atoms with Crippen LogP contribution in [-0.2, 0) is 19.1 Å². The summed E-state index contributed by atoms with van der Waals surface area (Å²) in [6.45, 7) is 3.19. The third kappa shape index (κ3) is 7.72. The molecule has 0 bridgehead atoms. The molecule has 1 aliphatic rings. The Morgan fingerprint density at radius 2 is 1.93 bits per heavy atom. The summed E-state index contributed by atoms with van der Waals surface area (Å²) in [5.41, 5.74) is 0.917. The summed E-state index contributed by atoms with van der Waals surface area (Å²) in [5.74, 6) is -2.08. The van der Waals surface area contributed by atoms with Gasteiger partial charge in [0.15, 0.2) is 5.78 Å². The molecule has 40 heavy (non-hydrogen) atoms. The van der Waals surface area contributed by atoms with Crippen molar-refractivity contribution in [3.63, 3.8) is 0 Å². The van der Waals surface area contributed by atoms with Crippen LogP contribution in [0.5, 0.6) is 5.75 Å². The molecule has 3 amide bonds. The van der Waals surface area contributed by atoms with E-state index in [0.29, 0.717) is 29.6 Å². The third-order valence-corrected chi connectivity index (χ3v) is 6.79. The number of fused-ring (bicyclic) bond motifs is 1. The fourth-order valence-electron chi connectivity index (χ4n) is 4.79. The van der Waals surface area contributed by atoms with Crippen LogP contribution in [0.25, 0.3) is 10.9 Å². The van der Waals surface area contributed by atoms with Crippen molar-refractivity contribution in [2.45, 2.75) is 45.2 Å². The zero-order valence-electron chi connectivity index (χ0n) is 22.8. The summed E-state index contributed by atoms with van der Waals surface area (Å²) in [6, 6.07) is 4.84. The predicted octanol–water partition coefficient (Wildman–Crippen LogP) is 1.30. The van der Waals surface area contributed by atoms with E-state index in [1.807, 2.05) is 13.8 Å². The molecule has 13 nitrogen and oxygen atoms in total. The van der Waals surface area contributed by atoms with E-state index in [0.717, 1.165) is 0 Å². The molecule has 13 heteroatoms. The van der Waals surface area contributed by atoms with Gasteiger partial charge in [-0.05, 0) is 43.4 Å². The molecular formula is C27H36N4O9. The topological polar surface area (TPSA) is 187 Å². The lowest BCUT2D eigenvalue weighted by Crippen LogP contribution is -2.53. The number of aromatic amines is 1. The van der Waals surface area contributed by atoms with Crippen molar-refractivity contribution in [3.05, 3.63) is 30.0 Å². The molecule has 1 aromatic heterocycles. The van der Waals surface area contributed by atoms with E-state index < -0.39 is 48.4 Å². The smallest absolute Gasteiger partial charge is 0.496 e. The number of carboxylic acid groups (broad SMARTS) is 1. The fourth-order valence-corrected chi connectivity index (χ4v) is 4.79. The zero-order valence-corrected chi connectivity index (χ0v) is 22.8. The largest absolute Gasteiger partial charge is 0.505 e. The van der Waals surface area contributed by atoms with Crippen LogP contribution in [0.1, 0.15) is 43.6 Å². The number of carbonyl (C=O) groups is 5. The second-order valence-corrected chi connectivity index (χ2v) is 10.1. The van der Waals surface area contributed by atoms with Gasteiger partial charge in [0, 0.05) is 23.4 Å². The number of aliphatic hydroxyl groups is 1. The Kier molecular flexibility index (Phi) is 10.5. The Hall–Kier alpha value is -4.13. The number of hydrogen-bond donors (Lipinski definition) is 5. The maximum atomic E-state index is 13.3. The van der Waals surface area contributed by atoms with Crippen LogP contribution in [0.15, 0.2) is 24.3 Å².